The van der Waals surface area contributed by atoms with E-state index < -0.39 is 12.5 Å². The number of benzene rings is 1. The molecule has 0 saturated carbocycles. The van der Waals surface area contributed by atoms with Gasteiger partial charge in [0.1, 0.15) is 5.75 Å². The molecular formula is C14H13F2N3O2. The summed E-state index contributed by atoms with van der Waals surface area (Å²) in [7, 11) is 0. The average Bonchev–Trinajstić information content (AvgIpc) is 2.46. The number of rotatable bonds is 7. The zero-order valence-electron chi connectivity index (χ0n) is 11.1. The van der Waals surface area contributed by atoms with Crippen LogP contribution in [0.1, 0.15) is 23.2 Å². The highest BCUT2D eigenvalue weighted by molar-refractivity contribution is 5.94. The number of nitrogens with zero attached hydrogens (tertiary/aromatic N) is 3. The van der Waals surface area contributed by atoms with E-state index in [1.54, 1.807) is 0 Å². The third kappa shape index (κ3) is 5.45. The predicted molar refractivity (Wildman–Crippen MR) is 69.4 cm³/mol. The van der Waals surface area contributed by atoms with Crippen LogP contribution < -0.4 is 4.74 Å². The predicted octanol–water partition coefficient (Wildman–Crippen LogP) is 2.56. The Bertz CT molecular complexity index is 546. The number of amides is 1. The maximum Gasteiger partial charge on any atom is 0.387 e. The van der Waals surface area contributed by atoms with Gasteiger partial charge in [0, 0.05) is 18.7 Å². The third-order valence-electron chi connectivity index (χ3n) is 2.58. The third-order valence-corrected chi connectivity index (χ3v) is 2.58. The number of halogens is 2. The van der Waals surface area contributed by atoms with E-state index in [-0.39, 0.29) is 37.2 Å². The van der Waals surface area contributed by atoms with Crippen LogP contribution in [0.4, 0.5) is 8.78 Å². The van der Waals surface area contributed by atoms with Gasteiger partial charge < -0.3 is 9.64 Å². The van der Waals surface area contributed by atoms with Gasteiger partial charge in [0.2, 0.25) is 0 Å². The van der Waals surface area contributed by atoms with Crippen LogP contribution in [0.3, 0.4) is 0 Å². The quantitative estimate of drug-likeness (QED) is 0.774. The van der Waals surface area contributed by atoms with Crippen molar-refractivity contribution in [2.75, 3.05) is 13.1 Å². The van der Waals surface area contributed by atoms with Crippen LogP contribution in [0, 0.1) is 22.7 Å². The molecule has 7 heteroatoms. The molecule has 110 valence electrons. The van der Waals surface area contributed by atoms with Gasteiger partial charge in [-0.1, -0.05) is 6.07 Å². The van der Waals surface area contributed by atoms with Gasteiger partial charge >= 0.3 is 6.61 Å². The number of carbonyl (C=O) groups excluding carboxylic acids is 1. The summed E-state index contributed by atoms with van der Waals surface area (Å²) in [6.07, 6.45) is 0.259. The summed E-state index contributed by atoms with van der Waals surface area (Å²) >= 11 is 0. The highest BCUT2D eigenvalue weighted by Gasteiger charge is 2.16. The van der Waals surface area contributed by atoms with E-state index >= 15 is 0 Å². The second-order valence-electron chi connectivity index (χ2n) is 4.01. The van der Waals surface area contributed by atoms with Crippen molar-refractivity contribution in [1.82, 2.24) is 4.90 Å². The molecule has 0 N–H and O–H groups in total. The largest absolute Gasteiger partial charge is 0.435 e. The molecule has 1 rings (SSSR count). The minimum absolute atomic E-state index is 0.114. The summed E-state index contributed by atoms with van der Waals surface area (Å²) in [5.41, 5.74) is 0.170. The van der Waals surface area contributed by atoms with Crippen LogP contribution in [0.15, 0.2) is 24.3 Å². The van der Waals surface area contributed by atoms with Gasteiger partial charge in [-0.25, -0.2) is 0 Å². The van der Waals surface area contributed by atoms with Gasteiger partial charge in [-0.2, -0.15) is 19.3 Å². The standard InChI is InChI=1S/C14H13F2N3O2/c15-14(16)21-12-5-1-4-11(10-12)13(20)19(8-2-6-17)9-3-7-18/h1,4-5,10,14H,2-3,8-9H2. The van der Waals surface area contributed by atoms with E-state index in [0.29, 0.717) is 0 Å². The second-order valence-corrected chi connectivity index (χ2v) is 4.01. The number of carbonyl (C=O) groups is 1. The van der Waals surface area contributed by atoms with Gasteiger partial charge in [0.15, 0.2) is 0 Å². The molecule has 0 fully saturated rings. The van der Waals surface area contributed by atoms with E-state index in [2.05, 4.69) is 4.74 Å². The monoisotopic (exact) mass is 293 g/mol. The number of nitriles is 2. The molecule has 0 aliphatic carbocycles. The van der Waals surface area contributed by atoms with Gasteiger partial charge in [-0.05, 0) is 18.2 Å². The lowest BCUT2D eigenvalue weighted by Crippen LogP contribution is -2.32. The van der Waals surface area contributed by atoms with Crippen molar-refractivity contribution in [3.05, 3.63) is 29.8 Å². The molecule has 0 spiro atoms. The molecule has 0 bridgehead atoms. The Morgan fingerprint density at radius 3 is 2.38 bits per heavy atom. The first kappa shape index (κ1) is 16.4. The SMILES string of the molecule is N#CCCN(CCC#N)C(=O)c1cccc(OC(F)F)c1. The maximum atomic E-state index is 12.3. The van der Waals surface area contributed by atoms with Crippen LogP contribution in [0.5, 0.6) is 5.75 Å². The maximum absolute atomic E-state index is 12.3. The molecule has 0 unspecified atom stereocenters. The zero-order valence-corrected chi connectivity index (χ0v) is 11.1. The Balaban J connectivity index is 2.87. The molecule has 5 nitrogen and oxygen atoms in total. The fourth-order valence-electron chi connectivity index (χ4n) is 1.67. The smallest absolute Gasteiger partial charge is 0.387 e. The normalized spacial score (nSPS) is 9.76. The first-order valence-electron chi connectivity index (χ1n) is 6.16. The Labute approximate surface area is 121 Å². The van der Waals surface area contributed by atoms with E-state index in [1.165, 1.54) is 29.2 Å². The first-order chi connectivity index (χ1) is 10.1. The van der Waals surface area contributed by atoms with Crippen LogP contribution in [0.25, 0.3) is 0 Å². The van der Waals surface area contributed by atoms with Crippen LogP contribution in [0.2, 0.25) is 0 Å². The highest BCUT2D eigenvalue weighted by Crippen LogP contribution is 2.17. The number of hydrogen-bond acceptors (Lipinski definition) is 4. The van der Waals surface area contributed by atoms with Crippen LogP contribution >= 0.6 is 0 Å². The second kappa shape index (κ2) is 8.49. The minimum atomic E-state index is -2.97. The summed E-state index contributed by atoms with van der Waals surface area (Å²) < 4.78 is 28.5. The fraction of sp³-hybridized carbons (Fsp3) is 0.357. The summed E-state index contributed by atoms with van der Waals surface area (Å²) in [6, 6.07) is 9.25. The molecule has 0 aliphatic rings. The molecule has 0 aliphatic heterocycles. The molecule has 0 atom stereocenters. The van der Waals surface area contributed by atoms with E-state index in [1.807, 2.05) is 12.1 Å². The van der Waals surface area contributed by atoms with Gasteiger partial charge in [0.25, 0.3) is 5.91 Å². The first-order valence-corrected chi connectivity index (χ1v) is 6.16. The van der Waals surface area contributed by atoms with Gasteiger partial charge in [-0.15, -0.1) is 0 Å². The van der Waals surface area contributed by atoms with Gasteiger partial charge in [-0.3, -0.25) is 4.79 Å². The van der Waals surface area contributed by atoms with Crippen molar-refractivity contribution in [2.24, 2.45) is 0 Å². The van der Waals surface area contributed by atoms with E-state index in [0.717, 1.165) is 0 Å². The molecule has 1 aromatic rings. The molecule has 21 heavy (non-hydrogen) atoms. The van der Waals surface area contributed by atoms with Crippen molar-refractivity contribution in [3.8, 4) is 17.9 Å². The summed E-state index contributed by atoms with van der Waals surface area (Å²) in [6.45, 7) is -2.61. The fourth-order valence-corrected chi connectivity index (χ4v) is 1.67. The lowest BCUT2D eigenvalue weighted by Gasteiger charge is -2.20. The lowest BCUT2D eigenvalue weighted by atomic mass is 10.1. The molecule has 1 amide bonds. The van der Waals surface area contributed by atoms with Crippen LogP contribution in [-0.2, 0) is 0 Å². The molecule has 0 saturated heterocycles. The molecule has 1 aromatic carbocycles. The Morgan fingerprint density at radius 1 is 1.24 bits per heavy atom. The van der Waals surface area contributed by atoms with Gasteiger partial charge in [0.05, 0.1) is 25.0 Å². The summed E-state index contributed by atoms with van der Waals surface area (Å²) in [4.78, 5) is 13.6. The lowest BCUT2D eigenvalue weighted by molar-refractivity contribution is -0.0499. The van der Waals surface area contributed by atoms with E-state index in [9.17, 15) is 13.6 Å². The number of alkyl halides is 2. The summed E-state index contributed by atoms with van der Waals surface area (Å²) in [5, 5.41) is 17.2. The van der Waals surface area contributed by atoms with Crippen molar-refractivity contribution < 1.29 is 18.3 Å². The van der Waals surface area contributed by atoms with Crippen molar-refractivity contribution in [3.63, 3.8) is 0 Å². The topological polar surface area (TPSA) is 77.1 Å². The van der Waals surface area contributed by atoms with Crippen molar-refractivity contribution in [2.45, 2.75) is 19.5 Å². The Morgan fingerprint density at radius 2 is 1.86 bits per heavy atom. The highest BCUT2D eigenvalue weighted by atomic mass is 19.3. The molecular weight excluding hydrogens is 280 g/mol. The molecule has 0 radical (unpaired) electrons. The summed E-state index contributed by atoms with van der Waals surface area (Å²) in [5.74, 6) is -0.545. The number of hydrogen-bond donors (Lipinski definition) is 0. The van der Waals surface area contributed by atoms with E-state index in [4.69, 9.17) is 10.5 Å². The minimum Gasteiger partial charge on any atom is -0.435 e. The number of ether oxygens (including phenoxy) is 1. The van der Waals surface area contributed by atoms with Crippen molar-refractivity contribution >= 4 is 5.91 Å². The Hall–Kier alpha value is -2.67. The molecule has 0 aromatic heterocycles. The Kier molecular flexibility index (Phi) is 6.62. The van der Waals surface area contributed by atoms with Crippen LogP contribution in [-0.4, -0.2) is 30.5 Å². The molecule has 0 heterocycles. The van der Waals surface area contributed by atoms with Crippen molar-refractivity contribution in [1.29, 1.82) is 10.5 Å². The average molecular weight is 293 g/mol. The zero-order chi connectivity index (χ0) is 15.7.